The number of phenolic OH excluding ortho intramolecular Hbond substituents is 1. The highest BCUT2D eigenvalue weighted by atomic mass is 19.4. The van der Waals surface area contributed by atoms with E-state index in [1.54, 1.807) is 6.07 Å². The molecule has 1 aromatic heterocycles. The molecule has 118 valence electrons. The van der Waals surface area contributed by atoms with E-state index in [0.29, 0.717) is 16.9 Å². The lowest BCUT2D eigenvalue weighted by molar-refractivity contribution is -0.137. The summed E-state index contributed by atoms with van der Waals surface area (Å²) in [7, 11) is 0. The number of aromatic hydroxyl groups is 1. The van der Waals surface area contributed by atoms with Gasteiger partial charge in [-0.1, -0.05) is 0 Å². The zero-order valence-corrected chi connectivity index (χ0v) is 11.5. The lowest BCUT2D eigenvalue weighted by Gasteiger charge is -2.11. The molecule has 0 fully saturated rings. The van der Waals surface area contributed by atoms with Gasteiger partial charge >= 0.3 is 6.18 Å². The van der Waals surface area contributed by atoms with Gasteiger partial charge in [0, 0.05) is 11.6 Å². The zero-order valence-electron chi connectivity index (χ0n) is 11.5. The van der Waals surface area contributed by atoms with Gasteiger partial charge in [0.1, 0.15) is 11.6 Å². The van der Waals surface area contributed by atoms with Crippen LogP contribution in [-0.4, -0.2) is 14.9 Å². The highest BCUT2D eigenvalue weighted by Crippen LogP contribution is 2.32. The van der Waals surface area contributed by atoms with Crippen molar-refractivity contribution in [3.63, 3.8) is 0 Å². The molecule has 0 saturated heterocycles. The summed E-state index contributed by atoms with van der Waals surface area (Å²) in [5.41, 5.74) is 0.382. The Morgan fingerprint density at radius 1 is 0.957 bits per heavy atom. The molecule has 0 aliphatic heterocycles. The van der Waals surface area contributed by atoms with Crippen LogP contribution in [0.15, 0.2) is 54.7 Å². The Morgan fingerprint density at radius 3 is 2.26 bits per heavy atom. The van der Waals surface area contributed by atoms with Crippen molar-refractivity contribution < 1.29 is 22.7 Å². The smallest absolute Gasteiger partial charge is 0.416 e. The zero-order chi connectivity index (χ0) is 16.6. The van der Waals surface area contributed by atoms with Crippen LogP contribution in [0.1, 0.15) is 5.56 Å². The maximum absolute atomic E-state index is 13.1. The minimum atomic E-state index is -4.42. The Bertz CT molecular complexity index is 838. The number of aromatic nitrogens is 2. The molecule has 0 saturated carbocycles. The molecule has 3 nitrogen and oxygen atoms in total. The van der Waals surface area contributed by atoms with E-state index in [0.717, 1.165) is 18.2 Å². The van der Waals surface area contributed by atoms with Crippen LogP contribution in [0.3, 0.4) is 0 Å². The third-order valence-electron chi connectivity index (χ3n) is 3.32. The summed E-state index contributed by atoms with van der Waals surface area (Å²) < 4.78 is 52.3. The van der Waals surface area contributed by atoms with Crippen LogP contribution < -0.4 is 0 Å². The van der Waals surface area contributed by atoms with E-state index in [1.165, 1.54) is 35.1 Å². The number of hydrogen-bond acceptors (Lipinski definition) is 2. The summed E-state index contributed by atoms with van der Waals surface area (Å²) in [4.78, 5) is 0. The molecule has 0 aliphatic carbocycles. The number of rotatable bonds is 2. The molecule has 1 heterocycles. The summed E-state index contributed by atoms with van der Waals surface area (Å²) in [5, 5.41) is 13.9. The van der Waals surface area contributed by atoms with Gasteiger partial charge in [-0.3, -0.25) is 0 Å². The fourth-order valence-electron chi connectivity index (χ4n) is 2.23. The molecule has 23 heavy (non-hydrogen) atoms. The van der Waals surface area contributed by atoms with E-state index < -0.39 is 17.6 Å². The summed E-state index contributed by atoms with van der Waals surface area (Å²) in [5.74, 6) is -0.870. The van der Waals surface area contributed by atoms with E-state index in [4.69, 9.17) is 0 Å². The fourth-order valence-corrected chi connectivity index (χ4v) is 2.23. The molecular formula is C16H10F4N2O. The SMILES string of the molecule is Oc1cc(F)ccc1-c1ccnn1-c1ccc(C(F)(F)F)cc1. The van der Waals surface area contributed by atoms with Crippen LogP contribution in [0.4, 0.5) is 17.6 Å². The fraction of sp³-hybridized carbons (Fsp3) is 0.0625. The predicted octanol–water partition coefficient (Wildman–Crippen LogP) is 4.40. The molecule has 0 unspecified atom stereocenters. The number of halogens is 4. The van der Waals surface area contributed by atoms with Gasteiger partial charge in [-0.2, -0.15) is 18.3 Å². The second kappa shape index (κ2) is 5.42. The predicted molar refractivity (Wildman–Crippen MR) is 75.6 cm³/mol. The van der Waals surface area contributed by atoms with Crippen LogP contribution in [0.5, 0.6) is 5.75 Å². The molecule has 1 N–H and O–H groups in total. The Morgan fingerprint density at radius 2 is 1.65 bits per heavy atom. The van der Waals surface area contributed by atoms with Crippen LogP contribution in [0.2, 0.25) is 0 Å². The number of nitrogens with zero attached hydrogens (tertiary/aromatic N) is 2. The van der Waals surface area contributed by atoms with Crippen molar-refractivity contribution in [3.05, 3.63) is 66.1 Å². The number of phenols is 1. The molecule has 0 bridgehead atoms. The van der Waals surface area contributed by atoms with Crippen molar-refractivity contribution in [2.45, 2.75) is 6.18 Å². The van der Waals surface area contributed by atoms with Gasteiger partial charge in [0.15, 0.2) is 0 Å². The van der Waals surface area contributed by atoms with Crippen LogP contribution in [0, 0.1) is 5.82 Å². The monoisotopic (exact) mass is 322 g/mol. The minimum Gasteiger partial charge on any atom is -0.507 e. The summed E-state index contributed by atoms with van der Waals surface area (Å²) in [6.07, 6.45) is -2.98. The Labute approximate surface area is 128 Å². The van der Waals surface area contributed by atoms with E-state index >= 15 is 0 Å². The Balaban J connectivity index is 2.04. The topological polar surface area (TPSA) is 38.1 Å². The van der Waals surface area contributed by atoms with Gasteiger partial charge < -0.3 is 5.11 Å². The average Bonchev–Trinajstić information content (AvgIpc) is 2.95. The standard InChI is InChI=1S/C16H10F4N2O/c17-11-3-6-13(15(23)9-11)14-7-8-21-22(14)12-4-1-10(2-5-12)16(18,19)20/h1-9,23H. The quantitative estimate of drug-likeness (QED) is 0.710. The summed E-state index contributed by atoms with van der Waals surface area (Å²) >= 11 is 0. The van der Waals surface area contributed by atoms with Crippen molar-refractivity contribution in [2.24, 2.45) is 0 Å². The molecule has 3 aromatic rings. The van der Waals surface area contributed by atoms with E-state index in [2.05, 4.69) is 5.10 Å². The first-order chi connectivity index (χ1) is 10.9. The number of hydrogen-bond donors (Lipinski definition) is 1. The molecule has 0 spiro atoms. The van der Waals surface area contributed by atoms with Crippen molar-refractivity contribution in [1.29, 1.82) is 0 Å². The van der Waals surface area contributed by atoms with Crippen molar-refractivity contribution in [2.75, 3.05) is 0 Å². The minimum absolute atomic E-state index is 0.279. The second-order valence-electron chi connectivity index (χ2n) is 4.83. The molecule has 7 heteroatoms. The molecule has 0 atom stereocenters. The molecule has 0 aliphatic rings. The van der Waals surface area contributed by atoms with Gasteiger partial charge in [0.05, 0.1) is 23.1 Å². The van der Waals surface area contributed by atoms with Crippen molar-refractivity contribution in [1.82, 2.24) is 9.78 Å². The third kappa shape index (κ3) is 2.90. The first-order valence-electron chi connectivity index (χ1n) is 6.57. The van der Waals surface area contributed by atoms with Crippen LogP contribution in [-0.2, 0) is 6.18 Å². The van der Waals surface area contributed by atoms with Gasteiger partial charge in [0.25, 0.3) is 0 Å². The first-order valence-corrected chi connectivity index (χ1v) is 6.57. The van der Waals surface area contributed by atoms with Crippen LogP contribution in [0.25, 0.3) is 16.9 Å². The molecule has 2 aromatic carbocycles. The van der Waals surface area contributed by atoms with Crippen molar-refractivity contribution in [3.8, 4) is 22.7 Å². The van der Waals surface area contributed by atoms with Gasteiger partial charge in [0.2, 0.25) is 0 Å². The normalized spacial score (nSPS) is 11.7. The lowest BCUT2D eigenvalue weighted by Crippen LogP contribution is -2.05. The van der Waals surface area contributed by atoms with Gasteiger partial charge in [-0.25, -0.2) is 9.07 Å². The summed E-state index contributed by atoms with van der Waals surface area (Å²) in [6.45, 7) is 0. The van der Waals surface area contributed by atoms with E-state index in [-0.39, 0.29) is 5.75 Å². The number of alkyl halides is 3. The first kappa shape index (κ1) is 15.1. The maximum Gasteiger partial charge on any atom is 0.416 e. The van der Waals surface area contributed by atoms with Gasteiger partial charge in [-0.15, -0.1) is 0 Å². The molecule has 3 rings (SSSR count). The molecular weight excluding hydrogens is 312 g/mol. The highest BCUT2D eigenvalue weighted by Gasteiger charge is 2.30. The van der Waals surface area contributed by atoms with Gasteiger partial charge in [-0.05, 0) is 42.5 Å². The Hall–Kier alpha value is -2.83. The van der Waals surface area contributed by atoms with E-state index in [1.807, 2.05) is 0 Å². The molecule has 0 radical (unpaired) electrons. The largest absolute Gasteiger partial charge is 0.507 e. The number of benzene rings is 2. The van der Waals surface area contributed by atoms with Crippen molar-refractivity contribution >= 4 is 0 Å². The second-order valence-corrected chi connectivity index (χ2v) is 4.83. The van der Waals surface area contributed by atoms with Crippen LogP contribution >= 0.6 is 0 Å². The lowest BCUT2D eigenvalue weighted by atomic mass is 10.1. The molecule has 0 amide bonds. The Kier molecular flexibility index (Phi) is 3.55. The highest BCUT2D eigenvalue weighted by molar-refractivity contribution is 5.68. The summed E-state index contributed by atoms with van der Waals surface area (Å²) in [6, 6.07) is 9.54. The maximum atomic E-state index is 13.1. The average molecular weight is 322 g/mol. The third-order valence-corrected chi connectivity index (χ3v) is 3.32. The van der Waals surface area contributed by atoms with E-state index in [9.17, 15) is 22.7 Å².